The van der Waals surface area contributed by atoms with Crippen LogP contribution in [0.4, 0.5) is 4.79 Å². The minimum atomic E-state index is -0.0579. The average molecular weight is 272 g/mol. The van der Waals surface area contributed by atoms with Crippen LogP contribution in [0.25, 0.3) is 0 Å². The maximum absolute atomic E-state index is 12.1. The molecular weight excluding hydrogens is 256 g/mol. The fourth-order valence-corrected chi connectivity index (χ4v) is 2.31. The maximum Gasteiger partial charge on any atom is 0.318 e. The molecule has 2 amide bonds. The Bertz CT molecular complexity index is 598. The van der Waals surface area contributed by atoms with Gasteiger partial charge in [0.15, 0.2) is 5.82 Å². The highest BCUT2D eigenvalue weighted by molar-refractivity contribution is 5.75. The predicted molar refractivity (Wildman–Crippen MR) is 71.8 cm³/mol. The van der Waals surface area contributed by atoms with Crippen molar-refractivity contribution in [1.82, 2.24) is 20.4 Å². The molecule has 6 heteroatoms. The van der Waals surface area contributed by atoms with Gasteiger partial charge >= 0.3 is 6.03 Å². The van der Waals surface area contributed by atoms with Crippen LogP contribution in [0.1, 0.15) is 22.8 Å². The number of benzene rings is 1. The highest BCUT2D eigenvalue weighted by Gasteiger charge is 2.22. The first-order valence-corrected chi connectivity index (χ1v) is 6.61. The average Bonchev–Trinajstić information content (AvgIpc) is 3.04. The van der Waals surface area contributed by atoms with Gasteiger partial charge in [-0.15, -0.1) is 0 Å². The zero-order valence-corrected chi connectivity index (χ0v) is 11.3. The van der Waals surface area contributed by atoms with Crippen LogP contribution in [-0.2, 0) is 19.5 Å². The lowest BCUT2D eigenvalue weighted by Crippen LogP contribution is -2.37. The summed E-state index contributed by atoms with van der Waals surface area (Å²) in [5.41, 5.74) is 2.44. The van der Waals surface area contributed by atoms with Crippen LogP contribution in [-0.4, -0.2) is 27.6 Å². The Balaban J connectivity index is 1.49. The monoisotopic (exact) mass is 272 g/mol. The van der Waals surface area contributed by atoms with Crippen molar-refractivity contribution in [3.05, 3.63) is 47.1 Å². The van der Waals surface area contributed by atoms with Crippen LogP contribution in [0.15, 0.2) is 28.8 Å². The van der Waals surface area contributed by atoms with Gasteiger partial charge in [0.25, 0.3) is 0 Å². The van der Waals surface area contributed by atoms with Gasteiger partial charge in [-0.05, 0) is 18.1 Å². The van der Waals surface area contributed by atoms with E-state index in [4.69, 9.17) is 4.52 Å². The van der Waals surface area contributed by atoms with Gasteiger partial charge in [0.05, 0.1) is 0 Å². The molecule has 0 spiro atoms. The van der Waals surface area contributed by atoms with Gasteiger partial charge in [-0.3, -0.25) is 0 Å². The second-order valence-electron chi connectivity index (χ2n) is 4.84. The summed E-state index contributed by atoms with van der Waals surface area (Å²) >= 11 is 0. The molecular formula is C14H16N4O2. The number of fused-ring (bicyclic) bond motifs is 1. The van der Waals surface area contributed by atoms with Gasteiger partial charge < -0.3 is 14.7 Å². The van der Waals surface area contributed by atoms with Crippen molar-refractivity contribution in [2.75, 3.05) is 6.54 Å². The van der Waals surface area contributed by atoms with E-state index in [9.17, 15) is 4.79 Å². The summed E-state index contributed by atoms with van der Waals surface area (Å²) in [5.74, 6) is 1.16. The van der Waals surface area contributed by atoms with Crippen molar-refractivity contribution in [1.29, 1.82) is 0 Å². The van der Waals surface area contributed by atoms with Crippen LogP contribution < -0.4 is 5.32 Å². The largest absolute Gasteiger partial charge is 0.339 e. The van der Waals surface area contributed by atoms with Crippen LogP contribution in [0.2, 0.25) is 0 Å². The van der Waals surface area contributed by atoms with Gasteiger partial charge in [-0.25, -0.2) is 4.79 Å². The summed E-state index contributed by atoms with van der Waals surface area (Å²) in [6.07, 6.45) is 0.549. The molecule has 1 aliphatic rings. The first kappa shape index (κ1) is 12.7. The number of carbonyl (C=O) groups excluding carboxylic acids is 1. The van der Waals surface area contributed by atoms with E-state index in [2.05, 4.69) is 27.6 Å². The Morgan fingerprint density at radius 3 is 2.65 bits per heavy atom. The summed E-state index contributed by atoms with van der Waals surface area (Å²) in [5, 5.41) is 6.59. The number of urea groups is 1. The zero-order valence-electron chi connectivity index (χ0n) is 11.3. The molecule has 2 heterocycles. The molecule has 0 saturated carbocycles. The SMILES string of the molecule is Cc1noc(CCNC(=O)N2Cc3ccccc3C2)n1. The maximum atomic E-state index is 12.1. The first-order chi connectivity index (χ1) is 9.72. The van der Waals surface area contributed by atoms with Gasteiger partial charge in [-0.2, -0.15) is 4.98 Å². The Hall–Kier alpha value is -2.37. The van der Waals surface area contributed by atoms with Crippen LogP contribution >= 0.6 is 0 Å². The van der Waals surface area contributed by atoms with Crippen LogP contribution in [0.3, 0.4) is 0 Å². The van der Waals surface area contributed by atoms with E-state index >= 15 is 0 Å². The quantitative estimate of drug-likeness (QED) is 0.922. The molecule has 3 rings (SSSR count). The minimum Gasteiger partial charge on any atom is -0.339 e. The van der Waals surface area contributed by atoms with E-state index < -0.39 is 0 Å². The van der Waals surface area contributed by atoms with Crippen molar-refractivity contribution in [3.8, 4) is 0 Å². The van der Waals surface area contributed by atoms with E-state index in [-0.39, 0.29) is 6.03 Å². The molecule has 1 aromatic heterocycles. The van der Waals surface area contributed by atoms with Gasteiger partial charge in [0.1, 0.15) is 0 Å². The van der Waals surface area contributed by atoms with E-state index in [0.29, 0.717) is 37.8 Å². The number of carbonyl (C=O) groups is 1. The van der Waals surface area contributed by atoms with Gasteiger partial charge in [-0.1, -0.05) is 29.4 Å². The number of amides is 2. The van der Waals surface area contributed by atoms with Crippen LogP contribution in [0, 0.1) is 6.92 Å². The lowest BCUT2D eigenvalue weighted by molar-refractivity contribution is 0.198. The topological polar surface area (TPSA) is 71.3 Å². The van der Waals surface area contributed by atoms with E-state index in [1.54, 1.807) is 11.8 Å². The molecule has 104 valence electrons. The van der Waals surface area contributed by atoms with Crippen molar-refractivity contribution in [2.45, 2.75) is 26.4 Å². The van der Waals surface area contributed by atoms with E-state index in [1.165, 1.54) is 11.1 Å². The molecule has 6 nitrogen and oxygen atoms in total. The Morgan fingerprint density at radius 1 is 1.35 bits per heavy atom. The van der Waals surface area contributed by atoms with Crippen molar-refractivity contribution < 1.29 is 9.32 Å². The third kappa shape index (κ3) is 2.64. The highest BCUT2D eigenvalue weighted by Crippen LogP contribution is 2.21. The number of hydrogen-bond donors (Lipinski definition) is 1. The Labute approximate surface area is 116 Å². The Kier molecular flexibility index (Phi) is 3.37. The number of aryl methyl sites for hydroxylation is 1. The number of nitrogens with one attached hydrogen (secondary N) is 1. The molecule has 0 bridgehead atoms. The molecule has 0 unspecified atom stereocenters. The lowest BCUT2D eigenvalue weighted by Gasteiger charge is -2.15. The second-order valence-corrected chi connectivity index (χ2v) is 4.84. The van der Waals surface area contributed by atoms with E-state index in [1.807, 2.05) is 12.1 Å². The molecule has 0 radical (unpaired) electrons. The summed E-state index contributed by atoms with van der Waals surface area (Å²) in [6, 6.07) is 8.06. The Morgan fingerprint density at radius 2 is 2.05 bits per heavy atom. The third-order valence-corrected chi connectivity index (χ3v) is 3.31. The van der Waals surface area contributed by atoms with Crippen LogP contribution in [0.5, 0.6) is 0 Å². The molecule has 20 heavy (non-hydrogen) atoms. The summed E-state index contributed by atoms with van der Waals surface area (Å²) in [6.45, 7) is 3.60. The summed E-state index contributed by atoms with van der Waals surface area (Å²) < 4.78 is 5.00. The molecule has 1 aliphatic heterocycles. The fraction of sp³-hybridized carbons (Fsp3) is 0.357. The highest BCUT2D eigenvalue weighted by atomic mass is 16.5. The summed E-state index contributed by atoms with van der Waals surface area (Å²) in [7, 11) is 0. The standard InChI is InChI=1S/C14H16N4O2/c1-10-16-13(20-17-10)6-7-15-14(19)18-8-11-4-2-3-5-12(11)9-18/h2-5H,6-9H2,1H3,(H,15,19). The fourth-order valence-electron chi connectivity index (χ4n) is 2.31. The van der Waals surface area contributed by atoms with Crippen molar-refractivity contribution >= 4 is 6.03 Å². The molecule has 2 aromatic rings. The molecule has 0 saturated heterocycles. The first-order valence-electron chi connectivity index (χ1n) is 6.61. The molecule has 0 fully saturated rings. The second kappa shape index (κ2) is 5.32. The number of rotatable bonds is 3. The normalized spacial score (nSPS) is 13.3. The van der Waals surface area contributed by atoms with Gasteiger partial charge in [0.2, 0.25) is 5.89 Å². The molecule has 1 N–H and O–H groups in total. The summed E-state index contributed by atoms with van der Waals surface area (Å²) in [4.78, 5) is 17.9. The van der Waals surface area contributed by atoms with Gasteiger partial charge in [0, 0.05) is 26.1 Å². The number of hydrogen-bond acceptors (Lipinski definition) is 4. The molecule has 1 aromatic carbocycles. The lowest BCUT2D eigenvalue weighted by atomic mass is 10.1. The van der Waals surface area contributed by atoms with Crippen molar-refractivity contribution in [2.24, 2.45) is 0 Å². The smallest absolute Gasteiger partial charge is 0.318 e. The van der Waals surface area contributed by atoms with Crippen molar-refractivity contribution in [3.63, 3.8) is 0 Å². The molecule has 0 atom stereocenters. The number of aromatic nitrogens is 2. The minimum absolute atomic E-state index is 0.0579. The third-order valence-electron chi connectivity index (χ3n) is 3.31. The number of nitrogens with zero attached hydrogens (tertiary/aromatic N) is 3. The molecule has 0 aliphatic carbocycles. The van der Waals surface area contributed by atoms with E-state index in [0.717, 1.165) is 0 Å². The zero-order chi connectivity index (χ0) is 13.9. The predicted octanol–water partition coefficient (Wildman–Crippen LogP) is 1.65.